The Morgan fingerprint density at radius 3 is 1.92 bits per heavy atom. The van der Waals surface area contributed by atoms with Crippen molar-refractivity contribution >= 4 is 11.8 Å². The molecule has 2 unspecified atom stereocenters. The van der Waals surface area contributed by atoms with E-state index in [2.05, 4.69) is 20.8 Å². The molecule has 3 nitrogen and oxygen atoms in total. The van der Waals surface area contributed by atoms with E-state index in [1.807, 2.05) is 0 Å². The molecule has 0 aromatic heterocycles. The lowest BCUT2D eigenvalue weighted by Gasteiger charge is -2.50. The Bertz CT molecular complexity index is 400. The van der Waals surface area contributed by atoms with Crippen molar-refractivity contribution in [1.29, 1.82) is 0 Å². The van der Waals surface area contributed by atoms with Gasteiger partial charge in [-0.1, -0.05) is 78.6 Å². The first-order chi connectivity index (χ1) is 11.9. The fourth-order valence-corrected chi connectivity index (χ4v) is 4.09. The van der Waals surface area contributed by atoms with Crippen molar-refractivity contribution in [1.82, 2.24) is 0 Å². The lowest BCUT2D eigenvalue weighted by atomic mass is 9.53. The van der Waals surface area contributed by atoms with Crippen molar-refractivity contribution in [3.8, 4) is 0 Å². The van der Waals surface area contributed by atoms with Crippen LogP contribution in [-0.4, -0.2) is 18.4 Å². The van der Waals surface area contributed by atoms with E-state index in [0.29, 0.717) is 18.9 Å². The zero-order valence-corrected chi connectivity index (χ0v) is 17.1. The van der Waals surface area contributed by atoms with Crippen molar-refractivity contribution in [2.24, 2.45) is 17.3 Å². The topological polar surface area (TPSA) is 43.4 Å². The normalized spacial score (nSPS) is 21.6. The van der Waals surface area contributed by atoms with Crippen LogP contribution < -0.4 is 0 Å². The van der Waals surface area contributed by atoms with Gasteiger partial charge in [-0.05, 0) is 31.1 Å². The van der Waals surface area contributed by atoms with Crippen LogP contribution in [0.15, 0.2) is 0 Å². The van der Waals surface area contributed by atoms with Crippen LogP contribution in [-0.2, 0) is 14.3 Å². The average molecular weight is 353 g/mol. The summed E-state index contributed by atoms with van der Waals surface area (Å²) in [6.07, 6.45) is 14.2. The molecular formula is C22H40O3. The fourth-order valence-electron chi connectivity index (χ4n) is 4.09. The highest BCUT2D eigenvalue weighted by molar-refractivity contribution is 5.81. The molecule has 25 heavy (non-hydrogen) atoms. The second kappa shape index (κ2) is 11.7. The molecule has 1 aliphatic carbocycles. The Balaban J connectivity index is 1.95. The van der Waals surface area contributed by atoms with E-state index < -0.39 is 0 Å². The summed E-state index contributed by atoms with van der Waals surface area (Å²) in [5.41, 5.74) is -0.0536. The second-order valence-electron chi connectivity index (χ2n) is 8.52. The Morgan fingerprint density at radius 2 is 1.44 bits per heavy atom. The molecule has 0 aromatic rings. The van der Waals surface area contributed by atoms with Crippen LogP contribution in [0.5, 0.6) is 0 Å². The number of ketones is 1. The minimum atomic E-state index is -0.0870. The number of esters is 1. The van der Waals surface area contributed by atoms with Gasteiger partial charge in [0.2, 0.25) is 0 Å². The molecule has 0 heterocycles. The smallest absolute Gasteiger partial charge is 0.306 e. The molecule has 1 saturated carbocycles. The van der Waals surface area contributed by atoms with Crippen LogP contribution in [0.1, 0.15) is 105 Å². The largest absolute Gasteiger partial charge is 0.466 e. The maximum atomic E-state index is 12.0. The van der Waals surface area contributed by atoms with Gasteiger partial charge in [0.15, 0.2) is 0 Å². The highest BCUT2D eigenvalue weighted by atomic mass is 16.5. The van der Waals surface area contributed by atoms with Crippen LogP contribution in [0.25, 0.3) is 0 Å². The van der Waals surface area contributed by atoms with Gasteiger partial charge in [-0.15, -0.1) is 0 Å². The number of Topliss-reactive ketones (excluding diaryl/α,β-unsaturated/α-hetero) is 1. The quantitative estimate of drug-likeness (QED) is 0.280. The first-order valence-electron chi connectivity index (χ1n) is 10.6. The molecule has 1 aliphatic rings. The zero-order chi connectivity index (χ0) is 18.7. The molecule has 146 valence electrons. The summed E-state index contributed by atoms with van der Waals surface area (Å²) >= 11 is 0. The van der Waals surface area contributed by atoms with Crippen molar-refractivity contribution in [2.45, 2.75) is 105 Å². The van der Waals surface area contributed by atoms with Crippen molar-refractivity contribution in [3.05, 3.63) is 0 Å². The summed E-state index contributed by atoms with van der Waals surface area (Å²) in [5, 5.41) is 0. The molecule has 0 aromatic carbocycles. The third-order valence-corrected chi connectivity index (χ3v) is 6.14. The van der Waals surface area contributed by atoms with Gasteiger partial charge in [0.05, 0.1) is 6.61 Å². The lowest BCUT2D eigenvalue weighted by Crippen LogP contribution is -2.49. The van der Waals surface area contributed by atoms with E-state index in [1.165, 1.54) is 51.4 Å². The molecule has 0 bridgehead atoms. The van der Waals surface area contributed by atoms with E-state index >= 15 is 0 Å². The highest BCUT2D eigenvalue weighted by Crippen LogP contribution is 2.53. The van der Waals surface area contributed by atoms with E-state index in [9.17, 15) is 9.59 Å². The molecular weight excluding hydrogens is 312 g/mol. The minimum Gasteiger partial charge on any atom is -0.466 e. The minimum absolute atomic E-state index is 0.0536. The number of hydrogen-bond acceptors (Lipinski definition) is 3. The van der Waals surface area contributed by atoms with Gasteiger partial charge in [-0.2, -0.15) is 0 Å². The van der Waals surface area contributed by atoms with Gasteiger partial charge in [0.25, 0.3) is 0 Å². The van der Waals surface area contributed by atoms with Crippen LogP contribution in [0.2, 0.25) is 0 Å². The van der Waals surface area contributed by atoms with Crippen molar-refractivity contribution in [3.63, 3.8) is 0 Å². The van der Waals surface area contributed by atoms with E-state index in [0.717, 1.165) is 19.3 Å². The number of ether oxygens (including phenoxy) is 1. The predicted molar refractivity (Wildman–Crippen MR) is 103 cm³/mol. The number of hydrogen-bond donors (Lipinski definition) is 0. The number of unbranched alkanes of at least 4 members (excludes halogenated alkanes) is 9. The summed E-state index contributed by atoms with van der Waals surface area (Å²) in [4.78, 5) is 23.5. The number of carbonyl (C=O) groups excluding carboxylic acids is 2. The van der Waals surface area contributed by atoms with Gasteiger partial charge >= 0.3 is 5.97 Å². The summed E-state index contributed by atoms with van der Waals surface area (Å²) < 4.78 is 5.39. The second-order valence-corrected chi connectivity index (χ2v) is 8.52. The molecule has 2 atom stereocenters. The summed E-state index contributed by atoms with van der Waals surface area (Å²) in [6.45, 7) is 8.67. The molecule has 1 rings (SSSR count). The molecule has 1 fully saturated rings. The van der Waals surface area contributed by atoms with Crippen molar-refractivity contribution < 1.29 is 14.3 Å². The summed E-state index contributed by atoms with van der Waals surface area (Å²) in [5.74, 6) is 0.574. The highest BCUT2D eigenvalue weighted by Gasteiger charge is 2.50. The van der Waals surface area contributed by atoms with Crippen LogP contribution in [0, 0.1) is 17.3 Å². The molecule has 0 aliphatic heterocycles. The average Bonchev–Trinajstić information content (AvgIpc) is 2.55. The Labute approximate surface area is 155 Å². The first-order valence-corrected chi connectivity index (χ1v) is 10.6. The maximum absolute atomic E-state index is 12.0. The van der Waals surface area contributed by atoms with Gasteiger partial charge in [0.1, 0.15) is 5.78 Å². The maximum Gasteiger partial charge on any atom is 0.306 e. The molecule has 0 N–H and O–H groups in total. The molecule has 0 radical (unpaired) electrons. The SMILES string of the molecule is CCCCCCCCCCCCOC(=O)CC1CC(C(C)=O)C1(C)C. The number of carbonyl (C=O) groups is 2. The van der Waals surface area contributed by atoms with Crippen LogP contribution in [0.4, 0.5) is 0 Å². The first kappa shape index (κ1) is 22.2. The third-order valence-electron chi connectivity index (χ3n) is 6.14. The third kappa shape index (κ3) is 7.92. The standard InChI is InChI=1S/C22H40O3/c1-5-6-7-8-9-10-11-12-13-14-15-25-21(24)17-19-16-20(18(2)23)22(19,3)4/h19-20H,5-17H2,1-4H3. The Hall–Kier alpha value is -0.860. The van der Waals surface area contributed by atoms with Crippen LogP contribution in [0.3, 0.4) is 0 Å². The fraction of sp³-hybridized carbons (Fsp3) is 0.909. The van der Waals surface area contributed by atoms with E-state index in [4.69, 9.17) is 4.74 Å². The van der Waals surface area contributed by atoms with Gasteiger partial charge in [0, 0.05) is 12.3 Å². The van der Waals surface area contributed by atoms with Gasteiger partial charge < -0.3 is 4.74 Å². The molecule has 0 amide bonds. The molecule has 0 saturated heterocycles. The lowest BCUT2D eigenvalue weighted by molar-refractivity contribution is -0.153. The van der Waals surface area contributed by atoms with Gasteiger partial charge in [-0.25, -0.2) is 0 Å². The summed E-state index contributed by atoms with van der Waals surface area (Å²) in [7, 11) is 0. The molecule has 3 heteroatoms. The van der Waals surface area contributed by atoms with Crippen molar-refractivity contribution in [2.75, 3.05) is 6.61 Å². The Morgan fingerprint density at radius 1 is 0.920 bits per heavy atom. The monoisotopic (exact) mass is 352 g/mol. The zero-order valence-electron chi connectivity index (χ0n) is 17.1. The van der Waals surface area contributed by atoms with E-state index in [-0.39, 0.29) is 23.1 Å². The summed E-state index contributed by atoms with van der Waals surface area (Å²) in [6, 6.07) is 0. The van der Waals surface area contributed by atoms with E-state index in [1.54, 1.807) is 6.92 Å². The number of rotatable bonds is 14. The predicted octanol–water partition coefficient (Wildman–Crippen LogP) is 6.09. The van der Waals surface area contributed by atoms with Crippen LogP contribution >= 0.6 is 0 Å². The Kier molecular flexibility index (Phi) is 10.4. The molecule has 0 spiro atoms. The van der Waals surface area contributed by atoms with Gasteiger partial charge in [-0.3, -0.25) is 9.59 Å².